The highest BCUT2D eigenvalue weighted by Gasteiger charge is 2.18. The van der Waals surface area contributed by atoms with Gasteiger partial charge < -0.3 is 14.4 Å². The van der Waals surface area contributed by atoms with Gasteiger partial charge in [-0.05, 0) is 12.1 Å². The molecule has 0 bridgehead atoms. The second-order valence-corrected chi connectivity index (χ2v) is 5.25. The Morgan fingerprint density at radius 1 is 1.27 bits per heavy atom. The Morgan fingerprint density at radius 2 is 2.00 bits per heavy atom. The molecule has 1 aromatic heterocycles. The van der Waals surface area contributed by atoms with E-state index in [4.69, 9.17) is 21.1 Å². The van der Waals surface area contributed by atoms with Gasteiger partial charge in [-0.15, -0.1) is 5.10 Å². The predicted molar refractivity (Wildman–Crippen MR) is 81.5 cm³/mol. The highest BCUT2D eigenvalue weighted by Crippen LogP contribution is 2.24. The molecule has 2 heterocycles. The number of amides is 1. The number of carbonyl (C=O) groups excluding carboxylic acids is 1. The number of morpholine rings is 1. The van der Waals surface area contributed by atoms with E-state index in [1.54, 1.807) is 15.8 Å². The lowest BCUT2D eigenvalue weighted by Crippen LogP contribution is -2.43. The molecule has 1 fully saturated rings. The van der Waals surface area contributed by atoms with Gasteiger partial charge >= 0.3 is 0 Å². The zero-order chi connectivity index (χ0) is 15.4. The van der Waals surface area contributed by atoms with Crippen molar-refractivity contribution in [3.8, 4) is 11.6 Å². The summed E-state index contributed by atoms with van der Waals surface area (Å²) in [5, 5.41) is 4.64. The van der Waals surface area contributed by atoms with Crippen LogP contribution in [0.1, 0.15) is 0 Å². The van der Waals surface area contributed by atoms with Crippen molar-refractivity contribution in [2.75, 3.05) is 32.9 Å². The van der Waals surface area contributed by atoms with Crippen LogP contribution in [0, 0.1) is 0 Å². The topological polar surface area (TPSA) is 56.6 Å². The smallest absolute Gasteiger partial charge is 0.260 e. The summed E-state index contributed by atoms with van der Waals surface area (Å²) in [5.74, 6) is 0.167. The molecule has 116 valence electrons. The van der Waals surface area contributed by atoms with Gasteiger partial charge in [-0.2, -0.15) is 0 Å². The molecule has 0 N–H and O–H groups in total. The number of hydrogen-bond donors (Lipinski definition) is 0. The average Bonchev–Trinajstić information content (AvgIpc) is 2.95. The van der Waals surface area contributed by atoms with Crippen LogP contribution in [0.5, 0.6) is 5.88 Å². The van der Waals surface area contributed by atoms with E-state index >= 15 is 0 Å². The maximum atomic E-state index is 12.0. The predicted octanol–water partition coefficient (Wildman–Crippen LogP) is 1.76. The summed E-state index contributed by atoms with van der Waals surface area (Å²) in [6, 6.07) is 9.56. The van der Waals surface area contributed by atoms with Crippen LogP contribution >= 0.6 is 11.6 Å². The van der Waals surface area contributed by atoms with E-state index in [-0.39, 0.29) is 18.4 Å². The quantitative estimate of drug-likeness (QED) is 0.861. The van der Waals surface area contributed by atoms with Crippen LogP contribution < -0.4 is 4.74 Å². The third kappa shape index (κ3) is 3.40. The molecule has 0 radical (unpaired) electrons. The van der Waals surface area contributed by atoms with Gasteiger partial charge in [0.05, 0.1) is 25.1 Å². The molecule has 6 nitrogen and oxygen atoms in total. The summed E-state index contributed by atoms with van der Waals surface area (Å²) in [7, 11) is 0. The minimum atomic E-state index is -0.0892. The summed E-state index contributed by atoms with van der Waals surface area (Å²) in [5.41, 5.74) is 0.874. The van der Waals surface area contributed by atoms with E-state index in [9.17, 15) is 4.79 Å². The van der Waals surface area contributed by atoms with Gasteiger partial charge in [0.1, 0.15) is 5.02 Å². The van der Waals surface area contributed by atoms with Crippen LogP contribution in [0.15, 0.2) is 36.5 Å². The molecule has 1 aliphatic rings. The SMILES string of the molecule is O=C(COc1nn(-c2ccccc2)cc1Cl)N1CCOCC1. The molecule has 1 aliphatic heterocycles. The number of nitrogens with zero attached hydrogens (tertiary/aromatic N) is 3. The summed E-state index contributed by atoms with van der Waals surface area (Å²) in [4.78, 5) is 13.7. The van der Waals surface area contributed by atoms with E-state index in [2.05, 4.69) is 5.10 Å². The molecule has 1 aromatic carbocycles. The molecule has 22 heavy (non-hydrogen) atoms. The van der Waals surface area contributed by atoms with Gasteiger partial charge in [-0.1, -0.05) is 29.8 Å². The summed E-state index contributed by atoms with van der Waals surface area (Å²) in [6.07, 6.45) is 1.66. The van der Waals surface area contributed by atoms with Crippen LogP contribution in [0.25, 0.3) is 5.69 Å². The van der Waals surface area contributed by atoms with E-state index in [1.165, 1.54) is 0 Å². The fraction of sp³-hybridized carbons (Fsp3) is 0.333. The lowest BCUT2D eigenvalue weighted by Gasteiger charge is -2.26. The molecule has 0 spiro atoms. The number of benzene rings is 1. The van der Waals surface area contributed by atoms with Crippen LogP contribution in [-0.4, -0.2) is 53.5 Å². The van der Waals surface area contributed by atoms with Gasteiger partial charge in [-0.25, -0.2) is 4.68 Å². The van der Waals surface area contributed by atoms with Crippen molar-refractivity contribution in [1.29, 1.82) is 0 Å². The maximum absolute atomic E-state index is 12.0. The normalized spacial score (nSPS) is 14.9. The number of hydrogen-bond acceptors (Lipinski definition) is 4. The first-order valence-electron chi connectivity index (χ1n) is 7.03. The Bertz CT molecular complexity index is 639. The molecule has 2 aromatic rings. The Hall–Kier alpha value is -2.05. The number of ether oxygens (including phenoxy) is 2. The summed E-state index contributed by atoms with van der Waals surface area (Å²) in [6.45, 7) is 2.23. The summed E-state index contributed by atoms with van der Waals surface area (Å²) >= 11 is 6.11. The van der Waals surface area contributed by atoms with Crippen molar-refractivity contribution in [3.05, 3.63) is 41.6 Å². The fourth-order valence-corrected chi connectivity index (χ4v) is 2.37. The molecule has 0 aliphatic carbocycles. The number of para-hydroxylation sites is 1. The monoisotopic (exact) mass is 321 g/mol. The van der Waals surface area contributed by atoms with Crippen LogP contribution in [0.2, 0.25) is 5.02 Å². The Morgan fingerprint density at radius 3 is 2.73 bits per heavy atom. The fourth-order valence-electron chi connectivity index (χ4n) is 2.18. The summed E-state index contributed by atoms with van der Waals surface area (Å²) < 4.78 is 12.3. The van der Waals surface area contributed by atoms with Crippen molar-refractivity contribution in [3.63, 3.8) is 0 Å². The van der Waals surface area contributed by atoms with E-state index < -0.39 is 0 Å². The lowest BCUT2D eigenvalue weighted by molar-refractivity contribution is -0.137. The Balaban J connectivity index is 1.63. The molecule has 1 saturated heterocycles. The van der Waals surface area contributed by atoms with Crippen molar-refractivity contribution in [2.24, 2.45) is 0 Å². The largest absolute Gasteiger partial charge is 0.465 e. The van der Waals surface area contributed by atoms with Crippen molar-refractivity contribution >= 4 is 17.5 Å². The first kappa shape index (κ1) is 14.9. The molecule has 0 unspecified atom stereocenters. The molecule has 7 heteroatoms. The first-order chi connectivity index (χ1) is 10.7. The highest BCUT2D eigenvalue weighted by atomic mass is 35.5. The lowest BCUT2D eigenvalue weighted by atomic mass is 10.3. The number of rotatable bonds is 4. The molecule has 0 atom stereocenters. The minimum absolute atomic E-state index is 0.0779. The number of carbonyl (C=O) groups is 1. The number of aromatic nitrogens is 2. The van der Waals surface area contributed by atoms with E-state index in [0.29, 0.717) is 31.3 Å². The van der Waals surface area contributed by atoms with E-state index in [1.807, 2.05) is 30.3 Å². The van der Waals surface area contributed by atoms with Gasteiger partial charge in [0.25, 0.3) is 11.8 Å². The highest BCUT2D eigenvalue weighted by molar-refractivity contribution is 6.31. The minimum Gasteiger partial charge on any atom is -0.465 e. The van der Waals surface area contributed by atoms with Crippen LogP contribution in [0.4, 0.5) is 0 Å². The van der Waals surface area contributed by atoms with Gasteiger partial charge in [0.2, 0.25) is 0 Å². The van der Waals surface area contributed by atoms with E-state index in [0.717, 1.165) is 5.69 Å². The molecule has 3 rings (SSSR count). The van der Waals surface area contributed by atoms with Gasteiger partial charge in [-0.3, -0.25) is 4.79 Å². The van der Waals surface area contributed by atoms with Crippen LogP contribution in [0.3, 0.4) is 0 Å². The molecular formula is C15H16ClN3O3. The van der Waals surface area contributed by atoms with Crippen molar-refractivity contribution in [2.45, 2.75) is 0 Å². The molecule has 0 saturated carbocycles. The number of halogens is 1. The zero-order valence-electron chi connectivity index (χ0n) is 11.9. The second kappa shape index (κ2) is 6.81. The third-order valence-corrected chi connectivity index (χ3v) is 3.61. The Kier molecular flexibility index (Phi) is 4.60. The van der Waals surface area contributed by atoms with Crippen molar-refractivity contribution < 1.29 is 14.3 Å². The molecular weight excluding hydrogens is 306 g/mol. The molecule has 1 amide bonds. The Labute approximate surface area is 133 Å². The zero-order valence-corrected chi connectivity index (χ0v) is 12.7. The standard InChI is InChI=1S/C15H16ClN3O3/c16-13-10-19(12-4-2-1-3-5-12)17-15(13)22-11-14(20)18-6-8-21-9-7-18/h1-5,10H,6-9,11H2. The van der Waals surface area contributed by atoms with Crippen LogP contribution in [-0.2, 0) is 9.53 Å². The average molecular weight is 322 g/mol. The van der Waals surface area contributed by atoms with Gasteiger partial charge in [0, 0.05) is 13.1 Å². The van der Waals surface area contributed by atoms with Crippen molar-refractivity contribution in [1.82, 2.24) is 14.7 Å². The second-order valence-electron chi connectivity index (χ2n) is 4.84. The maximum Gasteiger partial charge on any atom is 0.260 e. The third-order valence-electron chi connectivity index (χ3n) is 3.36. The van der Waals surface area contributed by atoms with Gasteiger partial charge in [0.15, 0.2) is 6.61 Å². The first-order valence-corrected chi connectivity index (χ1v) is 7.41.